The number of hydrogen-bond acceptors (Lipinski definition) is 6. The standard InChI is InChI=1S/C22H25N3O3S/c1-13-11-14(12-27-2)17-18-19(29-21(17)23-13)22(26)25(15-7-4-3-5-8-15)20(24-18)16-9-6-10-28-16/h6,9-11,15,20,24H,3-5,7-8,12H2,1-2H3/t20-/m0/s1. The van der Waals surface area contributed by atoms with Gasteiger partial charge < -0.3 is 19.4 Å². The number of nitrogens with one attached hydrogen (secondary N) is 1. The molecule has 1 saturated carbocycles. The number of hydrogen-bond donors (Lipinski definition) is 1. The molecule has 0 radical (unpaired) electrons. The largest absolute Gasteiger partial charge is 0.465 e. The Morgan fingerprint density at radius 1 is 1.34 bits per heavy atom. The highest BCUT2D eigenvalue weighted by atomic mass is 32.1. The van der Waals surface area contributed by atoms with Gasteiger partial charge in [0.15, 0.2) is 6.17 Å². The molecule has 7 heteroatoms. The molecule has 1 atom stereocenters. The van der Waals surface area contributed by atoms with Crippen LogP contribution in [0.1, 0.15) is 65.0 Å². The second-order valence-corrected chi connectivity index (χ2v) is 8.91. The van der Waals surface area contributed by atoms with Gasteiger partial charge in [-0.25, -0.2) is 4.98 Å². The summed E-state index contributed by atoms with van der Waals surface area (Å²) in [5.41, 5.74) is 2.85. The highest BCUT2D eigenvalue weighted by Crippen LogP contribution is 2.46. The van der Waals surface area contributed by atoms with Gasteiger partial charge in [-0.1, -0.05) is 19.3 Å². The summed E-state index contributed by atoms with van der Waals surface area (Å²) in [5, 5.41) is 4.64. The molecule has 6 nitrogen and oxygen atoms in total. The Morgan fingerprint density at radius 2 is 2.17 bits per heavy atom. The van der Waals surface area contributed by atoms with Crippen LogP contribution in [0.5, 0.6) is 0 Å². The first-order chi connectivity index (χ1) is 14.2. The first-order valence-electron chi connectivity index (χ1n) is 10.2. The summed E-state index contributed by atoms with van der Waals surface area (Å²) in [4.78, 5) is 22.1. The van der Waals surface area contributed by atoms with Crippen LogP contribution in [0.2, 0.25) is 0 Å². The van der Waals surface area contributed by atoms with Crippen LogP contribution in [0.4, 0.5) is 5.69 Å². The minimum atomic E-state index is -0.303. The van der Waals surface area contributed by atoms with E-state index in [0.717, 1.165) is 63.5 Å². The van der Waals surface area contributed by atoms with E-state index in [1.165, 1.54) is 17.8 Å². The maximum absolute atomic E-state index is 13.7. The molecule has 1 aliphatic carbocycles. The Bertz CT molecular complexity index is 1040. The molecule has 0 spiro atoms. The average Bonchev–Trinajstić information content (AvgIpc) is 3.36. The maximum Gasteiger partial charge on any atom is 0.268 e. The van der Waals surface area contributed by atoms with E-state index in [1.54, 1.807) is 13.4 Å². The molecule has 1 amide bonds. The molecule has 1 aliphatic heterocycles. The van der Waals surface area contributed by atoms with Crippen LogP contribution >= 0.6 is 11.3 Å². The van der Waals surface area contributed by atoms with Crippen molar-refractivity contribution in [1.82, 2.24) is 9.88 Å². The van der Waals surface area contributed by atoms with Gasteiger partial charge >= 0.3 is 0 Å². The second kappa shape index (κ2) is 7.46. The van der Waals surface area contributed by atoms with E-state index in [0.29, 0.717) is 6.61 Å². The predicted molar refractivity (Wildman–Crippen MR) is 113 cm³/mol. The van der Waals surface area contributed by atoms with Crippen LogP contribution in [0.3, 0.4) is 0 Å². The monoisotopic (exact) mass is 411 g/mol. The van der Waals surface area contributed by atoms with E-state index in [-0.39, 0.29) is 18.1 Å². The number of methoxy groups -OCH3 is 1. The minimum Gasteiger partial charge on any atom is -0.465 e. The van der Waals surface area contributed by atoms with E-state index in [4.69, 9.17) is 14.1 Å². The fraction of sp³-hybridized carbons (Fsp3) is 0.455. The third-order valence-corrected chi connectivity index (χ3v) is 7.01. The lowest BCUT2D eigenvalue weighted by molar-refractivity contribution is 0.0501. The topological polar surface area (TPSA) is 67.6 Å². The molecule has 0 bridgehead atoms. The van der Waals surface area contributed by atoms with Crippen LogP contribution < -0.4 is 5.32 Å². The number of carbonyl (C=O) groups excluding carboxylic acids is 1. The number of rotatable bonds is 4. The van der Waals surface area contributed by atoms with Crippen LogP contribution in [0.15, 0.2) is 28.9 Å². The summed E-state index contributed by atoms with van der Waals surface area (Å²) in [6.45, 7) is 2.46. The van der Waals surface area contributed by atoms with Crippen molar-refractivity contribution in [2.24, 2.45) is 0 Å². The molecule has 0 unspecified atom stereocenters. The smallest absolute Gasteiger partial charge is 0.268 e. The Hall–Kier alpha value is -2.38. The number of nitrogens with zero attached hydrogens (tertiary/aromatic N) is 2. The number of pyridine rings is 1. The van der Waals surface area contributed by atoms with Gasteiger partial charge in [0, 0.05) is 24.2 Å². The molecular weight excluding hydrogens is 386 g/mol. The van der Waals surface area contributed by atoms with Gasteiger partial charge in [0.25, 0.3) is 5.91 Å². The SMILES string of the molecule is COCc1cc(C)nc2sc3c(c12)N[C@H](c1ccco1)N(C1CCCCC1)C3=O. The van der Waals surface area contributed by atoms with Gasteiger partial charge in [-0.15, -0.1) is 11.3 Å². The van der Waals surface area contributed by atoms with E-state index in [1.807, 2.05) is 30.0 Å². The number of furan rings is 1. The summed E-state index contributed by atoms with van der Waals surface area (Å²) in [6.07, 6.45) is 7.02. The minimum absolute atomic E-state index is 0.0797. The molecule has 1 N–H and O–H groups in total. The Balaban J connectivity index is 1.67. The second-order valence-electron chi connectivity index (χ2n) is 7.91. The fourth-order valence-electron chi connectivity index (χ4n) is 4.70. The molecule has 0 saturated heterocycles. The van der Waals surface area contributed by atoms with Gasteiger partial charge in [-0.3, -0.25) is 4.79 Å². The highest BCUT2D eigenvalue weighted by molar-refractivity contribution is 7.21. The third-order valence-electron chi connectivity index (χ3n) is 5.94. The summed E-state index contributed by atoms with van der Waals surface area (Å²) < 4.78 is 11.2. The lowest BCUT2D eigenvalue weighted by Crippen LogP contribution is -2.48. The summed E-state index contributed by atoms with van der Waals surface area (Å²) in [7, 11) is 1.69. The van der Waals surface area contributed by atoms with Crippen molar-refractivity contribution in [2.45, 2.75) is 57.8 Å². The Labute approximate surface area is 173 Å². The zero-order valence-corrected chi connectivity index (χ0v) is 17.6. The Kier molecular flexibility index (Phi) is 4.80. The van der Waals surface area contributed by atoms with E-state index in [2.05, 4.69) is 5.32 Å². The van der Waals surface area contributed by atoms with Crippen molar-refractivity contribution in [3.05, 3.63) is 46.4 Å². The summed E-state index contributed by atoms with van der Waals surface area (Å²) in [5.74, 6) is 0.846. The van der Waals surface area contributed by atoms with Crippen LogP contribution in [0, 0.1) is 6.92 Å². The van der Waals surface area contributed by atoms with Gasteiger partial charge in [0.05, 0.1) is 18.6 Å². The molecule has 3 aromatic rings. The average molecular weight is 412 g/mol. The number of aryl methyl sites for hydroxylation is 1. The lowest BCUT2D eigenvalue weighted by atomic mass is 9.92. The van der Waals surface area contributed by atoms with Crippen LogP contribution in [0.25, 0.3) is 10.2 Å². The Morgan fingerprint density at radius 3 is 2.90 bits per heavy atom. The number of carbonyl (C=O) groups is 1. The molecule has 0 aromatic carbocycles. The number of amides is 1. The maximum atomic E-state index is 13.7. The van der Waals surface area contributed by atoms with Gasteiger partial charge in [0.2, 0.25) is 0 Å². The number of aromatic nitrogens is 1. The number of thiophene rings is 1. The van der Waals surface area contributed by atoms with Crippen molar-refractivity contribution in [2.75, 3.05) is 12.4 Å². The number of fused-ring (bicyclic) bond motifs is 3. The van der Waals surface area contributed by atoms with Gasteiger partial charge in [-0.05, 0) is 43.5 Å². The first-order valence-corrected chi connectivity index (χ1v) is 11.0. The zero-order valence-electron chi connectivity index (χ0n) is 16.7. The molecule has 1 fully saturated rings. The van der Waals surface area contributed by atoms with Gasteiger partial charge in [-0.2, -0.15) is 0 Å². The fourth-order valence-corrected chi connectivity index (χ4v) is 5.88. The van der Waals surface area contributed by atoms with Crippen molar-refractivity contribution in [3.63, 3.8) is 0 Å². The van der Waals surface area contributed by atoms with E-state index < -0.39 is 0 Å². The molecule has 2 aliphatic rings. The molecule has 4 heterocycles. The zero-order chi connectivity index (χ0) is 20.0. The van der Waals surface area contributed by atoms with Crippen LogP contribution in [-0.4, -0.2) is 28.9 Å². The normalized spacial score (nSPS) is 20.1. The van der Waals surface area contributed by atoms with Gasteiger partial charge in [0.1, 0.15) is 15.5 Å². The van der Waals surface area contributed by atoms with E-state index >= 15 is 0 Å². The van der Waals surface area contributed by atoms with E-state index in [9.17, 15) is 4.79 Å². The van der Waals surface area contributed by atoms with Crippen molar-refractivity contribution in [3.8, 4) is 0 Å². The molecule has 152 valence electrons. The molecular formula is C22H25N3O3S. The van der Waals surface area contributed by atoms with Crippen molar-refractivity contribution >= 4 is 33.1 Å². The number of ether oxygens (including phenoxy) is 1. The lowest BCUT2D eigenvalue weighted by Gasteiger charge is -2.42. The summed E-state index contributed by atoms with van der Waals surface area (Å²) >= 11 is 1.48. The summed E-state index contributed by atoms with van der Waals surface area (Å²) in [6, 6.07) is 6.09. The van der Waals surface area contributed by atoms with Crippen LogP contribution in [-0.2, 0) is 11.3 Å². The quantitative estimate of drug-likeness (QED) is 0.636. The predicted octanol–water partition coefficient (Wildman–Crippen LogP) is 5.24. The van der Waals surface area contributed by atoms with Crippen molar-refractivity contribution < 1.29 is 13.9 Å². The molecule has 29 heavy (non-hydrogen) atoms. The highest BCUT2D eigenvalue weighted by Gasteiger charge is 2.41. The molecule has 3 aromatic heterocycles. The van der Waals surface area contributed by atoms with Crippen molar-refractivity contribution in [1.29, 1.82) is 0 Å². The number of anilines is 1. The third kappa shape index (κ3) is 3.13. The molecule has 5 rings (SSSR count). The first kappa shape index (κ1) is 18.6.